The Morgan fingerprint density at radius 1 is 0.962 bits per heavy atom. The van der Waals surface area contributed by atoms with Gasteiger partial charge in [-0.25, -0.2) is 4.79 Å². The highest BCUT2D eigenvalue weighted by atomic mass is 16.1. The fraction of sp³-hybridized carbons (Fsp3) is 0.100. The van der Waals surface area contributed by atoms with Gasteiger partial charge in [0, 0.05) is 30.2 Å². The minimum absolute atomic E-state index is 0.0971. The second kappa shape index (κ2) is 6.76. The molecule has 0 unspecified atom stereocenters. The van der Waals surface area contributed by atoms with Gasteiger partial charge in [-0.15, -0.1) is 0 Å². The quantitative estimate of drug-likeness (QED) is 0.519. The van der Waals surface area contributed by atoms with Crippen molar-refractivity contribution in [3.8, 4) is 5.69 Å². The van der Waals surface area contributed by atoms with Crippen LogP contribution in [-0.4, -0.2) is 27.0 Å². The van der Waals surface area contributed by atoms with Crippen LogP contribution in [0.1, 0.15) is 15.9 Å². The van der Waals surface area contributed by atoms with Gasteiger partial charge in [-0.3, -0.25) is 4.79 Å². The Morgan fingerprint density at radius 2 is 1.69 bits per heavy atom. The van der Waals surface area contributed by atoms with Crippen LogP contribution in [0.5, 0.6) is 0 Å². The monoisotopic (exact) mass is 346 g/mol. The zero-order valence-electron chi connectivity index (χ0n) is 14.0. The fourth-order valence-electron chi connectivity index (χ4n) is 2.95. The van der Waals surface area contributed by atoms with Crippen LogP contribution >= 0.6 is 0 Å². The highest BCUT2D eigenvalue weighted by molar-refractivity contribution is 5.94. The normalized spacial score (nSPS) is 10.9. The number of carbonyl (C=O) groups is 1. The van der Waals surface area contributed by atoms with Crippen LogP contribution < -0.4 is 11.0 Å². The summed E-state index contributed by atoms with van der Waals surface area (Å²) in [6.07, 6.45) is 4.61. The number of aromatic amines is 2. The number of H-pyrrole nitrogens is 2. The van der Waals surface area contributed by atoms with Gasteiger partial charge < -0.3 is 19.9 Å². The third kappa shape index (κ3) is 3.30. The highest BCUT2D eigenvalue weighted by Crippen LogP contribution is 2.11. The Bertz CT molecular complexity index is 1090. The summed E-state index contributed by atoms with van der Waals surface area (Å²) in [5, 5.41) is 2.93. The molecule has 0 saturated carbocycles. The molecule has 0 fully saturated rings. The predicted molar refractivity (Wildman–Crippen MR) is 101 cm³/mol. The van der Waals surface area contributed by atoms with Crippen molar-refractivity contribution in [1.29, 1.82) is 0 Å². The molecule has 26 heavy (non-hydrogen) atoms. The molecular weight excluding hydrogens is 328 g/mol. The molecule has 0 radical (unpaired) electrons. The first-order valence-corrected chi connectivity index (χ1v) is 8.41. The summed E-state index contributed by atoms with van der Waals surface area (Å²) >= 11 is 0. The van der Waals surface area contributed by atoms with Crippen molar-refractivity contribution in [2.24, 2.45) is 0 Å². The molecule has 0 bridgehead atoms. The van der Waals surface area contributed by atoms with Gasteiger partial charge in [0.25, 0.3) is 5.91 Å². The van der Waals surface area contributed by atoms with E-state index in [1.807, 2.05) is 71.6 Å². The van der Waals surface area contributed by atoms with E-state index in [1.165, 1.54) is 0 Å². The van der Waals surface area contributed by atoms with E-state index >= 15 is 0 Å². The minimum Gasteiger partial charge on any atom is -0.352 e. The Kier molecular flexibility index (Phi) is 4.15. The largest absolute Gasteiger partial charge is 0.352 e. The van der Waals surface area contributed by atoms with E-state index in [-0.39, 0.29) is 11.6 Å². The summed E-state index contributed by atoms with van der Waals surface area (Å²) in [6, 6.07) is 17.1. The molecule has 3 N–H and O–H groups in total. The lowest BCUT2D eigenvalue weighted by Gasteiger charge is -2.07. The van der Waals surface area contributed by atoms with Crippen molar-refractivity contribution in [3.63, 3.8) is 0 Å². The molecule has 4 aromatic rings. The van der Waals surface area contributed by atoms with Gasteiger partial charge in [0.15, 0.2) is 0 Å². The van der Waals surface area contributed by atoms with Gasteiger partial charge in [0.2, 0.25) is 0 Å². The van der Waals surface area contributed by atoms with Crippen LogP contribution in [0.2, 0.25) is 0 Å². The topological polar surface area (TPSA) is 82.7 Å². The van der Waals surface area contributed by atoms with Crippen molar-refractivity contribution in [3.05, 3.63) is 88.6 Å². The third-order valence-electron chi connectivity index (χ3n) is 4.31. The maximum absolute atomic E-state index is 12.3. The molecule has 4 rings (SSSR count). The van der Waals surface area contributed by atoms with E-state index in [9.17, 15) is 9.59 Å². The van der Waals surface area contributed by atoms with Gasteiger partial charge in [-0.05, 0) is 60.5 Å². The average Bonchev–Trinajstić information content (AvgIpc) is 3.30. The van der Waals surface area contributed by atoms with E-state index in [2.05, 4.69) is 15.3 Å². The Labute approximate surface area is 149 Å². The van der Waals surface area contributed by atoms with Crippen LogP contribution in [0.25, 0.3) is 16.7 Å². The van der Waals surface area contributed by atoms with E-state index in [4.69, 9.17) is 0 Å². The van der Waals surface area contributed by atoms with Gasteiger partial charge in [-0.2, -0.15) is 0 Å². The number of carbonyl (C=O) groups excluding carboxylic acids is 1. The van der Waals surface area contributed by atoms with Crippen molar-refractivity contribution < 1.29 is 4.79 Å². The number of hydrogen-bond donors (Lipinski definition) is 3. The number of nitrogens with one attached hydrogen (secondary N) is 3. The van der Waals surface area contributed by atoms with Crippen LogP contribution in [0, 0.1) is 0 Å². The van der Waals surface area contributed by atoms with Gasteiger partial charge in [-0.1, -0.05) is 6.07 Å². The number of imidazole rings is 1. The van der Waals surface area contributed by atoms with Gasteiger partial charge >= 0.3 is 5.69 Å². The molecular formula is C20H18N4O2. The molecule has 2 aromatic carbocycles. The lowest BCUT2D eigenvalue weighted by Crippen LogP contribution is -2.25. The number of aromatic nitrogens is 3. The Hall–Kier alpha value is -3.54. The Morgan fingerprint density at radius 3 is 2.46 bits per heavy atom. The molecule has 1 amide bonds. The lowest BCUT2D eigenvalue weighted by molar-refractivity contribution is 0.0954. The first-order valence-electron chi connectivity index (χ1n) is 8.41. The summed E-state index contributed by atoms with van der Waals surface area (Å²) in [5.74, 6) is -0.0971. The Balaban J connectivity index is 1.36. The van der Waals surface area contributed by atoms with Gasteiger partial charge in [0.05, 0.1) is 11.0 Å². The van der Waals surface area contributed by atoms with Crippen LogP contribution in [0.15, 0.2) is 71.8 Å². The second-order valence-electron chi connectivity index (χ2n) is 6.10. The van der Waals surface area contributed by atoms with Crippen molar-refractivity contribution in [1.82, 2.24) is 19.9 Å². The van der Waals surface area contributed by atoms with E-state index < -0.39 is 0 Å². The summed E-state index contributed by atoms with van der Waals surface area (Å²) in [5.41, 5.74) is 4.04. The molecule has 130 valence electrons. The van der Waals surface area contributed by atoms with Crippen LogP contribution in [-0.2, 0) is 6.42 Å². The molecule has 6 heteroatoms. The van der Waals surface area contributed by atoms with E-state index in [1.54, 1.807) is 0 Å². The zero-order chi connectivity index (χ0) is 17.9. The first-order chi connectivity index (χ1) is 12.7. The number of rotatable bonds is 5. The number of amides is 1. The van der Waals surface area contributed by atoms with Crippen molar-refractivity contribution >= 4 is 16.9 Å². The first kappa shape index (κ1) is 16.0. The SMILES string of the molecule is O=C(NCCc1ccc2[nH]c(=O)[nH]c2c1)c1ccc(-n2cccc2)cc1. The maximum atomic E-state index is 12.3. The molecule has 0 saturated heterocycles. The summed E-state index contributed by atoms with van der Waals surface area (Å²) in [6.45, 7) is 0.526. The molecule has 2 aromatic heterocycles. The number of hydrogen-bond acceptors (Lipinski definition) is 2. The molecule has 6 nitrogen and oxygen atoms in total. The van der Waals surface area contributed by atoms with Gasteiger partial charge in [0.1, 0.15) is 0 Å². The molecule has 0 aliphatic heterocycles. The minimum atomic E-state index is -0.214. The van der Waals surface area contributed by atoms with Crippen LogP contribution in [0.3, 0.4) is 0 Å². The average molecular weight is 346 g/mol. The summed E-state index contributed by atoms with van der Waals surface area (Å²) < 4.78 is 1.99. The lowest BCUT2D eigenvalue weighted by atomic mass is 10.1. The summed E-state index contributed by atoms with van der Waals surface area (Å²) in [4.78, 5) is 29.0. The zero-order valence-corrected chi connectivity index (χ0v) is 14.0. The van der Waals surface area contributed by atoms with Crippen LogP contribution in [0.4, 0.5) is 0 Å². The highest BCUT2D eigenvalue weighted by Gasteiger charge is 2.06. The molecule has 0 aliphatic carbocycles. The van der Waals surface area contributed by atoms with Crippen molar-refractivity contribution in [2.45, 2.75) is 6.42 Å². The summed E-state index contributed by atoms with van der Waals surface area (Å²) in [7, 11) is 0. The fourth-order valence-corrected chi connectivity index (χ4v) is 2.95. The second-order valence-corrected chi connectivity index (χ2v) is 6.10. The van der Waals surface area contributed by atoms with E-state index in [0.29, 0.717) is 18.5 Å². The number of benzene rings is 2. The number of nitrogens with zero attached hydrogens (tertiary/aromatic N) is 1. The molecule has 0 atom stereocenters. The van der Waals surface area contributed by atoms with E-state index in [0.717, 1.165) is 22.3 Å². The standard InChI is InChI=1S/C20H18N4O2/c25-19(15-4-6-16(7-5-15)24-11-1-2-12-24)21-10-9-14-3-8-17-18(13-14)23-20(26)22-17/h1-8,11-13H,9-10H2,(H,21,25)(H2,22,23,26). The third-order valence-corrected chi connectivity index (χ3v) is 4.31. The molecule has 2 heterocycles. The number of fused-ring (bicyclic) bond motifs is 1. The van der Waals surface area contributed by atoms with Crippen molar-refractivity contribution in [2.75, 3.05) is 6.54 Å². The molecule has 0 aliphatic rings. The smallest absolute Gasteiger partial charge is 0.323 e. The molecule has 0 spiro atoms. The predicted octanol–water partition coefficient (Wildman–Crippen LogP) is 2.62. The maximum Gasteiger partial charge on any atom is 0.323 e.